The molecule has 0 saturated carbocycles. The summed E-state index contributed by atoms with van der Waals surface area (Å²) in [5, 5.41) is 2.06. The molecule has 0 amide bonds. The van der Waals surface area contributed by atoms with E-state index in [1.807, 2.05) is 54.6 Å². The zero-order valence-corrected chi connectivity index (χ0v) is 13.9. The highest BCUT2D eigenvalue weighted by atomic mass is 16.5. The molecule has 0 fully saturated rings. The van der Waals surface area contributed by atoms with Gasteiger partial charge in [-0.15, -0.1) is 0 Å². The summed E-state index contributed by atoms with van der Waals surface area (Å²) < 4.78 is 16.0. The van der Waals surface area contributed by atoms with Crippen molar-refractivity contribution in [3.05, 3.63) is 59.9 Å². The smallest absolute Gasteiger partial charge is 0.161 e. The minimum Gasteiger partial charge on any atom is -0.497 e. The Bertz CT molecular complexity index is 887. The average Bonchev–Trinajstić information content (AvgIpc) is 2.65. The van der Waals surface area contributed by atoms with E-state index in [0.29, 0.717) is 11.5 Å². The van der Waals surface area contributed by atoms with Gasteiger partial charge in [-0.2, -0.15) is 0 Å². The van der Waals surface area contributed by atoms with Crippen molar-refractivity contribution < 1.29 is 14.2 Å². The van der Waals surface area contributed by atoms with Gasteiger partial charge >= 0.3 is 0 Å². The molecule has 4 heteroatoms. The average molecular weight is 321 g/mol. The van der Waals surface area contributed by atoms with Crippen LogP contribution in [-0.2, 0) is 0 Å². The van der Waals surface area contributed by atoms with Crippen LogP contribution in [0, 0.1) is 0 Å². The molecule has 1 heterocycles. The lowest BCUT2D eigenvalue weighted by Gasteiger charge is -2.10. The Morgan fingerprint density at radius 3 is 2.38 bits per heavy atom. The number of hydrogen-bond donors (Lipinski definition) is 0. The van der Waals surface area contributed by atoms with Crippen molar-refractivity contribution in [2.24, 2.45) is 0 Å². The summed E-state index contributed by atoms with van der Waals surface area (Å²) in [6.45, 7) is 0. The Morgan fingerprint density at radius 1 is 0.833 bits per heavy atom. The van der Waals surface area contributed by atoms with Gasteiger partial charge in [0.2, 0.25) is 0 Å². The molecule has 3 rings (SSSR count). The molecule has 0 bridgehead atoms. The van der Waals surface area contributed by atoms with Crippen LogP contribution in [0.4, 0.5) is 0 Å². The molecule has 0 radical (unpaired) electrons. The van der Waals surface area contributed by atoms with Crippen molar-refractivity contribution in [3.63, 3.8) is 0 Å². The van der Waals surface area contributed by atoms with E-state index in [2.05, 4.69) is 4.98 Å². The number of benzene rings is 2. The second-order valence-corrected chi connectivity index (χ2v) is 5.23. The van der Waals surface area contributed by atoms with Crippen LogP contribution in [0.25, 0.3) is 22.9 Å². The fourth-order valence-corrected chi connectivity index (χ4v) is 2.57. The van der Waals surface area contributed by atoms with Gasteiger partial charge in [0, 0.05) is 11.6 Å². The van der Waals surface area contributed by atoms with Crippen LogP contribution in [-0.4, -0.2) is 26.3 Å². The van der Waals surface area contributed by atoms with E-state index in [1.165, 1.54) is 0 Å². The number of pyridine rings is 1. The van der Waals surface area contributed by atoms with Crippen molar-refractivity contribution in [1.82, 2.24) is 4.98 Å². The minimum atomic E-state index is 0.689. The van der Waals surface area contributed by atoms with E-state index in [4.69, 9.17) is 14.2 Å². The molecule has 0 unspecified atom stereocenters. The molecule has 1 aromatic heterocycles. The van der Waals surface area contributed by atoms with Crippen LogP contribution in [0.5, 0.6) is 17.2 Å². The Kier molecular flexibility index (Phi) is 4.66. The summed E-state index contributed by atoms with van der Waals surface area (Å²) in [4.78, 5) is 4.48. The van der Waals surface area contributed by atoms with Gasteiger partial charge in [-0.1, -0.05) is 18.2 Å². The molecule has 0 spiro atoms. The second kappa shape index (κ2) is 7.04. The number of ether oxygens (including phenoxy) is 3. The summed E-state index contributed by atoms with van der Waals surface area (Å²) in [6, 6.07) is 13.7. The number of rotatable bonds is 5. The van der Waals surface area contributed by atoms with Gasteiger partial charge in [0.05, 0.1) is 27.0 Å². The normalized spacial score (nSPS) is 11.0. The Labute approximate surface area is 141 Å². The summed E-state index contributed by atoms with van der Waals surface area (Å²) in [5.74, 6) is 2.22. The minimum absolute atomic E-state index is 0.689. The monoisotopic (exact) mass is 321 g/mol. The highest BCUT2D eigenvalue weighted by Gasteiger charge is 2.08. The molecule has 0 N–H and O–H groups in total. The molecule has 0 atom stereocenters. The fraction of sp³-hybridized carbons (Fsp3) is 0.150. The maximum atomic E-state index is 5.40. The molecule has 0 saturated heterocycles. The number of fused-ring (bicyclic) bond motifs is 1. The predicted octanol–water partition coefficient (Wildman–Crippen LogP) is 4.43. The van der Waals surface area contributed by atoms with Gasteiger partial charge in [-0.25, -0.2) is 0 Å². The third-order valence-corrected chi connectivity index (χ3v) is 3.83. The quantitative estimate of drug-likeness (QED) is 0.697. The second-order valence-electron chi connectivity index (χ2n) is 5.23. The lowest BCUT2D eigenvalue weighted by Crippen LogP contribution is -1.92. The summed E-state index contributed by atoms with van der Waals surface area (Å²) in [5.41, 5.74) is 1.92. The van der Waals surface area contributed by atoms with E-state index in [0.717, 1.165) is 27.8 Å². The van der Waals surface area contributed by atoms with Crippen LogP contribution < -0.4 is 14.2 Å². The van der Waals surface area contributed by atoms with E-state index < -0.39 is 0 Å². The molecule has 2 aromatic carbocycles. The first kappa shape index (κ1) is 15.9. The Balaban J connectivity index is 2.04. The van der Waals surface area contributed by atoms with Crippen LogP contribution in [0.15, 0.2) is 48.7 Å². The number of hydrogen-bond acceptors (Lipinski definition) is 4. The zero-order chi connectivity index (χ0) is 16.9. The first-order valence-corrected chi connectivity index (χ1v) is 7.58. The van der Waals surface area contributed by atoms with Crippen molar-refractivity contribution in [2.75, 3.05) is 21.3 Å². The SMILES string of the molecule is COc1cccc(/C=C/c2nccc3cc(OC)c(OC)cc23)c1. The summed E-state index contributed by atoms with van der Waals surface area (Å²) in [6.07, 6.45) is 5.80. The molecule has 122 valence electrons. The van der Waals surface area contributed by atoms with Crippen molar-refractivity contribution in [2.45, 2.75) is 0 Å². The van der Waals surface area contributed by atoms with Gasteiger partial charge in [-0.05, 0) is 47.4 Å². The first-order valence-electron chi connectivity index (χ1n) is 7.58. The molecular formula is C20H19NO3. The van der Waals surface area contributed by atoms with E-state index in [-0.39, 0.29) is 0 Å². The van der Waals surface area contributed by atoms with Gasteiger partial charge in [0.15, 0.2) is 11.5 Å². The molecular weight excluding hydrogens is 302 g/mol. The van der Waals surface area contributed by atoms with Gasteiger partial charge in [0.1, 0.15) is 5.75 Å². The fourth-order valence-electron chi connectivity index (χ4n) is 2.57. The van der Waals surface area contributed by atoms with Gasteiger partial charge in [-0.3, -0.25) is 4.98 Å². The Hall–Kier alpha value is -3.01. The molecule has 3 aromatic rings. The highest BCUT2D eigenvalue weighted by Crippen LogP contribution is 2.33. The topological polar surface area (TPSA) is 40.6 Å². The number of methoxy groups -OCH3 is 3. The largest absolute Gasteiger partial charge is 0.497 e. The predicted molar refractivity (Wildman–Crippen MR) is 96.8 cm³/mol. The maximum absolute atomic E-state index is 5.40. The standard InChI is InChI=1S/C20H19NO3/c1-22-16-6-4-5-14(11-16)7-8-18-17-13-20(24-3)19(23-2)12-15(17)9-10-21-18/h4-13H,1-3H3/b8-7+. The molecule has 0 aliphatic heterocycles. The first-order chi connectivity index (χ1) is 11.7. The highest BCUT2D eigenvalue weighted by molar-refractivity contribution is 5.93. The van der Waals surface area contributed by atoms with E-state index in [1.54, 1.807) is 27.5 Å². The van der Waals surface area contributed by atoms with Crippen LogP contribution in [0.3, 0.4) is 0 Å². The van der Waals surface area contributed by atoms with Crippen LogP contribution >= 0.6 is 0 Å². The van der Waals surface area contributed by atoms with Crippen molar-refractivity contribution in [3.8, 4) is 17.2 Å². The maximum Gasteiger partial charge on any atom is 0.161 e. The van der Waals surface area contributed by atoms with Crippen molar-refractivity contribution in [1.29, 1.82) is 0 Å². The van der Waals surface area contributed by atoms with E-state index in [9.17, 15) is 0 Å². The number of nitrogens with zero attached hydrogens (tertiary/aromatic N) is 1. The molecule has 0 aliphatic carbocycles. The summed E-state index contributed by atoms with van der Waals surface area (Å²) in [7, 11) is 4.93. The third kappa shape index (κ3) is 3.18. The zero-order valence-electron chi connectivity index (χ0n) is 13.9. The third-order valence-electron chi connectivity index (χ3n) is 3.83. The van der Waals surface area contributed by atoms with Crippen LogP contribution in [0.2, 0.25) is 0 Å². The van der Waals surface area contributed by atoms with Gasteiger partial charge in [0.25, 0.3) is 0 Å². The molecule has 24 heavy (non-hydrogen) atoms. The lowest BCUT2D eigenvalue weighted by molar-refractivity contribution is 0.356. The van der Waals surface area contributed by atoms with Crippen molar-refractivity contribution >= 4 is 22.9 Å². The van der Waals surface area contributed by atoms with E-state index >= 15 is 0 Å². The molecule has 4 nitrogen and oxygen atoms in total. The lowest BCUT2D eigenvalue weighted by atomic mass is 10.1. The van der Waals surface area contributed by atoms with Crippen LogP contribution in [0.1, 0.15) is 11.3 Å². The molecule has 0 aliphatic rings. The summed E-state index contributed by atoms with van der Waals surface area (Å²) >= 11 is 0. The number of aromatic nitrogens is 1. The Morgan fingerprint density at radius 2 is 1.62 bits per heavy atom. The van der Waals surface area contributed by atoms with Gasteiger partial charge < -0.3 is 14.2 Å².